The molecule has 0 aliphatic carbocycles. The summed E-state index contributed by atoms with van der Waals surface area (Å²) in [6, 6.07) is 8.39. The lowest BCUT2D eigenvalue weighted by atomic mass is 10.0. The Balaban J connectivity index is 2.32. The van der Waals surface area contributed by atoms with Gasteiger partial charge in [-0.2, -0.15) is 0 Å². The Bertz CT molecular complexity index is 562. The van der Waals surface area contributed by atoms with Gasteiger partial charge in [-0.05, 0) is 31.4 Å². The van der Waals surface area contributed by atoms with Crippen molar-refractivity contribution < 1.29 is 5.11 Å². The summed E-state index contributed by atoms with van der Waals surface area (Å²) in [5, 5.41) is 10.5. The monoisotopic (exact) mass is 290 g/mol. The summed E-state index contributed by atoms with van der Waals surface area (Å²) >= 11 is 1.58. The van der Waals surface area contributed by atoms with Gasteiger partial charge in [-0.25, -0.2) is 4.98 Å². The number of benzene rings is 1. The molecule has 1 heterocycles. The quantitative estimate of drug-likeness (QED) is 0.895. The molecule has 0 amide bonds. The van der Waals surface area contributed by atoms with Crippen molar-refractivity contribution >= 4 is 22.2 Å². The molecule has 4 heteroatoms. The number of hydrogen-bond acceptors (Lipinski definition) is 4. The first-order valence-corrected chi connectivity index (χ1v) is 7.79. The van der Waals surface area contributed by atoms with Gasteiger partial charge in [0.1, 0.15) is 0 Å². The van der Waals surface area contributed by atoms with Crippen molar-refractivity contribution in [2.45, 2.75) is 39.7 Å². The highest BCUT2D eigenvalue weighted by molar-refractivity contribution is 7.15. The number of nitrogens with zero attached hydrogens (tertiary/aromatic N) is 2. The average Bonchev–Trinajstić information content (AvgIpc) is 2.90. The molecule has 1 aromatic heterocycles. The summed E-state index contributed by atoms with van der Waals surface area (Å²) in [4.78, 5) is 7.79. The van der Waals surface area contributed by atoms with Crippen molar-refractivity contribution in [2.24, 2.45) is 0 Å². The summed E-state index contributed by atoms with van der Waals surface area (Å²) in [7, 11) is 2.02. The molecule has 0 radical (unpaired) electrons. The third-order valence-electron chi connectivity index (χ3n) is 3.65. The number of aromatic nitrogens is 1. The van der Waals surface area contributed by atoms with Gasteiger partial charge >= 0.3 is 0 Å². The van der Waals surface area contributed by atoms with Crippen LogP contribution >= 0.6 is 11.3 Å². The molecule has 0 spiro atoms. The van der Waals surface area contributed by atoms with Crippen LogP contribution in [0.3, 0.4) is 0 Å². The normalized spacial score (nSPS) is 12.4. The maximum Gasteiger partial charge on any atom is 0.190 e. The number of rotatable bonds is 5. The minimum Gasteiger partial charge on any atom is -0.391 e. The molecular weight excluding hydrogens is 268 g/mol. The largest absolute Gasteiger partial charge is 0.391 e. The fourth-order valence-electron chi connectivity index (χ4n) is 2.06. The van der Waals surface area contributed by atoms with Crippen LogP contribution in [0.25, 0.3) is 0 Å². The highest BCUT2D eigenvalue weighted by atomic mass is 32.1. The van der Waals surface area contributed by atoms with Gasteiger partial charge in [0.15, 0.2) is 5.13 Å². The number of hydrogen-bond donors (Lipinski definition) is 1. The van der Waals surface area contributed by atoms with Crippen LogP contribution in [0.1, 0.15) is 42.3 Å². The molecule has 3 nitrogen and oxygen atoms in total. The minimum absolute atomic E-state index is 0.0685. The van der Waals surface area contributed by atoms with Crippen LogP contribution in [0.5, 0.6) is 0 Å². The molecule has 0 aliphatic rings. The Labute approximate surface area is 124 Å². The van der Waals surface area contributed by atoms with Crippen LogP contribution in [0.2, 0.25) is 0 Å². The van der Waals surface area contributed by atoms with Crippen molar-refractivity contribution in [3.8, 4) is 0 Å². The predicted octanol–water partition coefficient (Wildman–Crippen LogP) is 4.23. The molecule has 1 aromatic carbocycles. The second kappa shape index (κ2) is 6.37. The maximum atomic E-state index is 9.52. The van der Waals surface area contributed by atoms with E-state index in [1.807, 2.05) is 7.05 Å². The summed E-state index contributed by atoms with van der Waals surface area (Å²) in [5.74, 6) is 0.383. The maximum absolute atomic E-state index is 9.52. The Hall–Kier alpha value is -1.39. The average molecular weight is 290 g/mol. The standard InChI is InChI=1S/C16H22N2OS/c1-5-12(3)15-14(10-19)20-16(17-15)18(4)13-8-6-11(2)7-9-13/h6-9,12,19H,5,10H2,1-4H3. The second-order valence-corrected chi connectivity index (χ2v) is 6.23. The van der Waals surface area contributed by atoms with Crippen molar-refractivity contribution in [2.75, 3.05) is 11.9 Å². The van der Waals surface area contributed by atoms with Crippen molar-refractivity contribution in [1.82, 2.24) is 4.98 Å². The van der Waals surface area contributed by atoms with Crippen molar-refractivity contribution in [1.29, 1.82) is 0 Å². The number of thiazole rings is 1. The summed E-state index contributed by atoms with van der Waals surface area (Å²) in [5.41, 5.74) is 3.40. The lowest BCUT2D eigenvalue weighted by molar-refractivity contribution is 0.283. The van der Waals surface area contributed by atoms with Crippen molar-refractivity contribution in [3.05, 3.63) is 40.4 Å². The van der Waals surface area contributed by atoms with Crippen LogP contribution in [0.15, 0.2) is 24.3 Å². The van der Waals surface area contributed by atoms with E-state index in [1.165, 1.54) is 5.56 Å². The zero-order chi connectivity index (χ0) is 14.7. The molecule has 0 bridgehead atoms. The van der Waals surface area contributed by atoms with Crippen LogP contribution < -0.4 is 4.90 Å². The molecule has 1 atom stereocenters. The Morgan fingerprint density at radius 2 is 1.95 bits per heavy atom. The first-order chi connectivity index (χ1) is 9.56. The van der Waals surface area contributed by atoms with Crippen LogP contribution in [-0.2, 0) is 6.61 Å². The molecule has 108 valence electrons. The Kier molecular flexibility index (Phi) is 4.78. The van der Waals surface area contributed by atoms with Gasteiger partial charge in [-0.3, -0.25) is 0 Å². The van der Waals surface area contributed by atoms with E-state index in [0.717, 1.165) is 27.8 Å². The number of aryl methyl sites for hydroxylation is 1. The number of aliphatic hydroxyl groups excluding tert-OH is 1. The van der Waals surface area contributed by atoms with E-state index in [4.69, 9.17) is 4.98 Å². The predicted molar refractivity (Wildman–Crippen MR) is 86.0 cm³/mol. The molecule has 2 aromatic rings. The van der Waals surface area contributed by atoms with Gasteiger partial charge in [0.05, 0.1) is 17.2 Å². The zero-order valence-electron chi connectivity index (χ0n) is 12.6. The second-order valence-electron chi connectivity index (χ2n) is 5.17. The van der Waals surface area contributed by atoms with E-state index in [2.05, 4.69) is 49.9 Å². The molecule has 0 aliphatic heterocycles. The minimum atomic E-state index is 0.0685. The highest BCUT2D eigenvalue weighted by Gasteiger charge is 2.18. The molecule has 0 saturated carbocycles. The summed E-state index contributed by atoms with van der Waals surface area (Å²) in [6.07, 6.45) is 1.03. The Morgan fingerprint density at radius 1 is 1.30 bits per heavy atom. The van der Waals surface area contributed by atoms with Crippen LogP contribution in [0, 0.1) is 6.92 Å². The smallest absolute Gasteiger partial charge is 0.190 e. The van der Waals surface area contributed by atoms with Crippen LogP contribution in [0.4, 0.5) is 10.8 Å². The van der Waals surface area contributed by atoms with E-state index < -0.39 is 0 Å². The van der Waals surface area contributed by atoms with Gasteiger partial charge < -0.3 is 10.0 Å². The summed E-state index contributed by atoms with van der Waals surface area (Å²) in [6.45, 7) is 6.45. The molecule has 20 heavy (non-hydrogen) atoms. The molecule has 0 fully saturated rings. The molecule has 1 unspecified atom stereocenters. The fraction of sp³-hybridized carbons (Fsp3) is 0.438. The van der Waals surface area contributed by atoms with E-state index in [-0.39, 0.29) is 6.61 Å². The lowest BCUT2D eigenvalue weighted by Crippen LogP contribution is -2.09. The first-order valence-electron chi connectivity index (χ1n) is 6.97. The first kappa shape index (κ1) is 15.0. The molecule has 1 N–H and O–H groups in total. The number of aliphatic hydroxyl groups is 1. The molecular formula is C16H22N2OS. The lowest BCUT2D eigenvalue weighted by Gasteiger charge is -2.16. The van der Waals surface area contributed by atoms with Crippen LogP contribution in [-0.4, -0.2) is 17.1 Å². The van der Waals surface area contributed by atoms with E-state index in [0.29, 0.717) is 5.92 Å². The van der Waals surface area contributed by atoms with Gasteiger partial charge in [-0.15, -0.1) is 0 Å². The fourth-order valence-corrected chi connectivity index (χ4v) is 3.09. The third kappa shape index (κ3) is 3.02. The highest BCUT2D eigenvalue weighted by Crippen LogP contribution is 2.34. The molecule has 0 saturated heterocycles. The number of anilines is 2. The van der Waals surface area contributed by atoms with Crippen molar-refractivity contribution in [3.63, 3.8) is 0 Å². The van der Waals surface area contributed by atoms with Gasteiger partial charge in [0.2, 0.25) is 0 Å². The SMILES string of the molecule is CCC(C)c1nc(N(C)c2ccc(C)cc2)sc1CO. The Morgan fingerprint density at radius 3 is 2.50 bits per heavy atom. The third-order valence-corrected chi connectivity index (χ3v) is 4.78. The van der Waals surface area contributed by atoms with Gasteiger partial charge in [-0.1, -0.05) is 42.9 Å². The van der Waals surface area contributed by atoms with E-state index in [1.54, 1.807) is 11.3 Å². The van der Waals surface area contributed by atoms with E-state index in [9.17, 15) is 5.11 Å². The van der Waals surface area contributed by atoms with E-state index >= 15 is 0 Å². The topological polar surface area (TPSA) is 36.4 Å². The zero-order valence-corrected chi connectivity index (χ0v) is 13.4. The van der Waals surface area contributed by atoms with Gasteiger partial charge in [0, 0.05) is 12.7 Å². The van der Waals surface area contributed by atoms with Gasteiger partial charge in [0.25, 0.3) is 0 Å². The molecule has 2 rings (SSSR count). The summed E-state index contributed by atoms with van der Waals surface area (Å²) < 4.78 is 0.